The Hall–Kier alpha value is -4.11. The number of carbonyl (C=O) groups is 1. The molecule has 1 aliphatic heterocycles. The van der Waals surface area contributed by atoms with Crippen LogP contribution >= 0.6 is 11.6 Å². The van der Waals surface area contributed by atoms with Gasteiger partial charge < -0.3 is 5.32 Å². The molecule has 0 saturated heterocycles. The van der Waals surface area contributed by atoms with Crippen LogP contribution in [0.2, 0.25) is 5.02 Å². The minimum absolute atomic E-state index is 0.0388. The van der Waals surface area contributed by atoms with Gasteiger partial charge in [0.1, 0.15) is 5.82 Å². The number of aryl methyl sites for hydroxylation is 2. The second kappa shape index (κ2) is 8.35. The fourth-order valence-electron chi connectivity index (χ4n) is 4.26. The van der Waals surface area contributed by atoms with Crippen molar-refractivity contribution >= 4 is 29.0 Å². The Balaban J connectivity index is 1.78. The number of non-ortho nitro benzene ring substituents is 1. The highest BCUT2D eigenvalue weighted by molar-refractivity contribution is 6.30. The van der Waals surface area contributed by atoms with E-state index in [0.29, 0.717) is 28.0 Å². The molecule has 3 heterocycles. The van der Waals surface area contributed by atoms with E-state index >= 15 is 0 Å². The predicted octanol–water partition coefficient (Wildman–Crippen LogP) is 4.98. The van der Waals surface area contributed by atoms with Crippen LogP contribution < -0.4 is 5.32 Å². The first-order chi connectivity index (χ1) is 16.3. The molecule has 0 aliphatic carbocycles. The van der Waals surface area contributed by atoms with Crippen LogP contribution in [0.5, 0.6) is 0 Å². The zero-order chi connectivity index (χ0) is 24.0. The molecular formula is C24H19ClN6O3. The molecule has 1 amide bonds. The summed E-state index contributed by atoms with van der Waals surface area (Å²) < 4.78 is 1.53. The number of aromatic nitrogens is 4. The van der Waals surface area contributed by atoms with Crippen molar-refractivity contribution in [3.63, 3.8) is 0 Å². The number of halogens is 1. The predicted molar refractivity (Wildman–Crippen MR) is 127 cm³/mol. The second-order valence-corrected chi connectivity index (χ2v) is 8.57. The minimum atomic E-state index is -0.450. The lowest BCUT2D eigenvalue weighted by Crippen LogP contribution is -2.25. The lowest BCUT2D eigenvalue weighted by atomic mass is 9.84. The van der Waals surface area contributed by atoms with E-state index in [2.05, 4.69) is 15.3 Å². The molecule has 1 N–H and O–H groups in total. The molecule has 170 valence electrons. The number of nitro benzene ring substituents is 1. The van der Waals surface area contributed by atoms with E-state index in [9.17, 15) is 14.9 Å². The summed E-state index contributed by atoms with van der Waals surface area (Å²) in [5.41, 5.74) is 4.28. The van der Waals surface area contributed by atoms with Gasteiger partial charge in [0.2, 0.25) is 5.91 Å². The van der Waals surface area contributed by atoms with Crippen LogP contribution in [0.3, 0.4) is 0 Å². The van der Waals surface area contributed by atoms with Crippen LogP contribution in [0, 0.1) is 24.0 Å². The highest BCUT2D eigenvalue weighted by Gasteiger charge is 2.35. The first-order valence-corrected chi connectivity index (χ1v) is 10.9. The Morgan fingerprint density at radius 2 is 1.79 bits per heavy atom. The number of hydrogen-bond acceptors (Lipinski definition) is 6. The van der Waals surface area contributed by atoms with Crippen LogP contribution in [0.15, 0.2) is 54.6 Å². The van der Waals surface area contributed by atoms with Crippen molar-refractivity contribution in [3.8, 4) is 17.2 Å². The zero-order valence-corrected chi connectivity index (χ0v) is 19.1. The fourth-order valence-corrected chi connectivity index (χ4v) is 4.38. The van der Waals surface area contributed by atoms with Gasteiger partial charge in [0.25, 0.3) is 11.6 Å². The molecule has 4 aromatic rings. The number of nitrogens with zero attached hydrogens (tertiary/aromatic N) is 5. The molecule has 0 fully saturated rings. The molecule has 1 atom stereocenters. The van der Waals surface area contributed by atoms with E-state index in [4.69, 9.17) is 16.7 Å². The third kappa shape index (κ3) is 3.90. The van der Waals surface area contributed by atoms with Crippen molar-refractivity contribution < 1.29 is 9.72 Å². The summed E-state index contributed by atoms with van der Waals surface area (Å²) in [6, 6.07) is 15.4. The molecule has 1 aliphatic rings. The summed E-state index contributed by atoms with van der Waals surface area (Å²) in [5.74, 6) is 0.0998. The van der Waals surface area contributed by atoms with Crippen LogP contribution in [0.25, 0.3) is 17.2 Å². The molecule has 5 rings (SSSR count). The van der Waals surface area contributed by atoms with E-state index in [1.807, 2.05) is 32.0 Å². The van der Waals surface area contributed by atoms with Crippen molar-refractivity contribution in [3.05, 3.63) is 92.2 Å². The average Bonchev–Trinajstić information content (AvgIpc) is 3.18. The topological polar surface area (TPSA) is 116 Å². The maximum absolute atomic E-state index is 12.8. The molecule has 0 saturated carbocycles. The molecule has 34 heavy (non-hydrogen) atoms. The standard InChI is InChI=1S/C24H19ClN6O3/c1-13-10-14(2)27-24(26-13)30-23-21(22(29-30)15-6-8-17(25)9-7-15)19(12-20(32)28-23)16-4-3-5-18(11-16)31(33)34/h3-11,19H,12H2,1-2H3,(H,28,32). The van der Waals surface area contributed by atoms with Gasteiger partial charge in [0, 0.05) is 52.0 Å². The molecule has 10 heteroatoms. The number of benzene rings is 2. The Morgan fingerprint density at radius 3 is 2.47 bits per heavy atom. The van der Waals surface area contributed by atoms with Gasteiger partial charge in [-0.25, -0.2) is 9.97 Å². The Kier molecular flexibility index (Phi) is 5.33. The van der Waals surface area contributed by atoms with E-state index in [1.165, 1.54) is 16.8 Å². The van der Waals surface area contributed by atoms with Gasteiger partial charge in [0.05, 0.1) is 10.6 Å². The monoisotopic (exact) mass is 474 g/mol. The van der Waals surface area contributed by atoms with E-state index in [1.54, 1.807) is 24.3 Å². The van der Waals surface area contributed by atoms with Gasteiger partial charge in [-0.15, -0.1) is 0 Å². The Labute approximate surface area is 199 Å². The largest absolute Gasteiger partial charge is 0.310 e. The summed E-state index contributed by atoms with van der Waals surface area (Å²) in [6.07, 6.45) is 0.119. The summed E-state index contributed by atoms with van der Waals surface area (Å²) in [5, 5.41) is 19.7. The number of fused-ring (bicyclic) bond motifs is 1. The van der Waals surface area contributed by atoms with Crippen LogP contribution in [0.4, 0.5) is 11.5 Å². The molecule has 1 unspecified atom stereocenters. The summed E-state index contributed by atoms with van der Waals surface area (Å²) in [4.78, 5) is 32.8. The molecule has 9 nitrogen and oxygen atoms in total. The zero-order valence-electron chi connectivity index (χ0n) is 18.3. The Bertz CT molecular complexity index is 1430. The highest BCUT2D eigenvalue weighted by Crippen LogP contribution is 2.44. The van der Waals surface area contributed by atoms with Gasteiger partial charge in [-0.05, 0) is 37.6 Å². The number of amides is 1. The highest BCUT2D eigenvalue weighted by atomic mass is 35.5. The quantitative estimate of drug-likeness (QED) is 0.329. The fraction of sp³-hybridized carbons (Fsp3) is 0.167. The van der Waals surface area contributed by atoms with Gasteiger partial charge in [-0.3, -0.25) is 14.9 Å². The van der Waals surface area contributed by atoms with Crippen molar-refractivity contribution in [1.82, 2.24) is 19.7 Å². The first kappa shape index (κ1) is 21.7. The maximum Gasteiger partial charge on any atom is 0.269 e. The summed E-state index contributed by atoms with van der Waals surface area (Å²) in [7, 11) is 0. The molecule has 0 radical (unpaired) electrons. The first-order valence-electron chi connectivity index (χ1n) is 10.6. The summed E-state index contributed by atoms with van der Waals surface area (Å²) in [6.45, 7) is 3.72. The van der Waals surface area contributed by atoms with Gasteiger partial charge in [0.15, 0.2) is 0 Å². The van der Waals surface area contributed by atoms with Crippen LogP contribution in [0.1, 0.15) is 34.9 Å². The third-order valence-electron chi connectivity index (χ3n) is 5.68. The molecule has 2 aromatic carbocycles. The average molecular weight is 475 g/mol. The number of carbonyl (C=O) groups excluding carboxylic acids is 1. The molecule has 2 aromatic heterocycles. The maximum atomic E-state index is 12.8. The molecule has 0 spiro atoms. The normalized spacial score (nSPS) is 15.0. The minimum Gasteiger partial charge on any atom is -0.310 e. The van der Waals surface area contributed by atoms with Gasteiger partial charge in [-0.2, -0.15) is 9.78 Å². The number of hydrogen-bond donors (Lipinski definition) is 1. The van der Waals surface area contributed by atoms with Crippen molar-refractivity contribution in [1.29, 1.82) is 0 Å². The van der Waals surface area contributed by atoms with Crippen molar-refractivity contribution in [2.75, 3.05) is 5.32 Å². The van der Waals surface area contributed by atoms with Crippen molar-refractivity contribution in [2.24, 2.45) is 0 Å². The smallest absolute Gasteiger partial charge is 0.269 e. The van der Waals surface area contributed by atoms with Crippen LogP contribution in [-0.2, 0) is 4.79 Å². The number of rotatable bonds is 4. The van der Waals surface area contributed by atoms with Gasteiger partial charge in [-0.1, -0.05) is 35.9 Å². The number of nitrogens with one attached hydrogen (secondary N) is 1. The van der Waals surface area contributed by atoms with Crippen molar-refractivity contribution in [2.45, 2.75) is 26.2 Å². The summed E-state index contributed by atoms with van der Waals surface area (Å²) >= 11 is 6.10. The number of nitro groups is 1. The second-order valence-electron chi connectivity index (χ2n) is 8.14. The lowest BCUT2D eigenvalue weighted by Gasteiger charge is -2.24. The third-order valence-corrected chi connectivity index (χ3v) is 5.93. The number of anilines is 1. The molecule has 0 bridgehead atoms. The SMILES string of the molecule is Cc1cc(C)nc(-n2nc(-c3ccc(Cl)cc3)c3c2NC(=O)CC3c2cccc([N+](=O)[O-])c2)n1. The van der Waals surface area contributed by atoms with E-state index in [-0.39, 0.29) is 18.0 Å². The van der Waals surface area contributed by atoms with Gasteiger partial charge >= 0.3 is 0 Å². The van der Waals surface area contributed by atoms with E-state index < -0.39 is 10.8 Å². The molecular weight excluding hydrogens is 456 g/mol. The lowest BCUT2D eigenvalue weighted by molar-refractivity contribution is -0.384. The van der Waals surface area contributed by atoms with Crippen LogP contribution in [-0.4, -0.2) is 30.6 Å². The Morgan fingerprint density at radius 1 is 1.09 bits per heavy atom. The van der Waals surface area contributed by atoms with E-state index in [0.717, 1.165) is 22.5 Å².